The summed E-state index contributed by atoms with van der Waals surface area (Å²) in [6.07, 6.45) is 8.10. The number of hydrogen-bond acceptors (Lipinski definition) is 4. The summed E-state index contributed by atoms with van der Waals surface area (Å²) in [4.78, 5) is 0. The Hall–Kier alpha value is -0.490. The summed E-state index contributed by atoms with van der Waals surface area (Å²) in [5.41, 5.74) is 11.3. The van der Waals surface area contributed by atoms with Gasteiger partial charge in [0.15, 0.2) is 0 Å². The lowest BCUT2D eigenvalue weighted by Crippen LogP contribution is -2.52. The summed E-state index contributed by atoms with van der Waals surface area (Å²) in [6, 6.07) is -0.383. The van der Waals surface area contributed by atoms with Crippen molar-refractivity contribution in [3.8, 4) is 0 Å². The molecular weight excluding hydrogens is 268 g/mol. The van der Waals surface area contributed by atoms with Crippen LogP contribution in [0.5, 0.6) is 0 Å². The molecule has 4 unspecified atom stereocenters. The molecule has 2 rings (SSSR count). The standard InChI is InChI=1S/C12H19ClN4S/c13-8-5-6(18)1-2-7(8)9-3-4-10(17-9)11(14)12(15)16/h3-7,9-11,17-18H,1-2,14H2,(H3,15,16)/t6?,7?,9-,10?,11?/m1/s1. The quantitative estimate of drug-likeness (QED) is 0.232. The molecule has 100 valence electrons. The zero-order chi connectivity index (χ0) is 13.3. The van der Waals surface area contributed by atoms with Crippen LogP contribution in [0.4, 0.5) is 0 Å². The van der Waals surface area contributed by atoms with Gasteiger partial charge in [-0.15, -0.1) is 0 Å². The summed E-state index contributed by atoms with van der Waals surface area (Å²) < 4.78 is 0. The first-order chi connectivity index (χ1) is 8.49. The predicted octanol–water partition coefficient (Wildman–Crippen LogP) is 0.977. The van der Waals surface area contributed by atoms with Crippen molar-refractivity contribution in [2.24, 2.45) is 17.4 Å². The fraction of sp³-hybridized carbons (Fsp3) is 0.583. The third-order valence-corrected chi connectivity index (χ3v) is 4.38. The number of thiol groups is 1. The van der Waals surface area contributed by atoms with Gasteiger partial charge >= 0.3 is 0 Å². The number of rotatable bonds is 3. The van der Waals surface area contributed by atoms with Crippen molar-refractivity contribution in [3.05, 3.63) is 23.3 Å². The molecule has 0 aromatic rings. The zero-order valence-corrected chi connectivity index (χ0v) is 11.7. The third kappa shape index (κ3) is 2.91. The molecule has 1 heterocycles. The Balaban J connectivity index is 2.00. The SMILES string of the molecule is N=C(N)C(N)C1C=C[C@H](C2CCC(S)C=C2Cl)N1. The van der Waals surface area contributed by atoms with Crippen molar-refractivity contribution in [1.29, 1.82) is 5.41 Å². The second-order valence-electron chi connectivity index (χ2n) is 4.89. The maximum absolute atomic E-state index is 7.37. The molecule has 1 aliphatic carbocycles. The first-order valence-corrected chi connectivity index (χ1v) is 6.97. The van der Waals surface area contributed by atoms with E-state index in [1.54, 1.807) is 0 Å². The maximum Gasteiger partial charge on any atom is 0.110 e. The number of nitrogens with two attached hydrogens (primary N) is 2. The first kappa shape index (κ1) is 13.9. The van der Waals surface area contributed by atoms with Crippen molar-refractivity contribution >= 4 is 30.1 Å². The van der Waals surface area contributed by atoms with Crippen LogP contribution >= 0.6 is 24.2 Å². The maximum atomic E-state index is 7.37. The van der Waals surface area contributed by atoms with Crippen LogP contribution in [0.2, 0.25) is 0 Å². The van der Waals surface area contributed by atoms with Gasteiger partial charge in [-0.05, 0) is 12.8 Å². The Morgan fingerprint density at radius 3 is 2.83 bits per heavy atom. The Kier molecular flexibility index (Phi) is 4.37. The monoisotopic (exact) mass is 286 g/mol. The normalized spacial score (nSPS) is 37.4. The highest BCUT2D eigenvalue weighted by molar-refractivity contribution is 7.81. The first-order valence-electron chi connectivity index (χ1n) is 6.08. The number of amidine groups is 1. The molecule has 0 aromatic carbocycles. The molecule has 6 N–H and O–H groups in total. The summed E-state index contributed by atoms with van der Waals surface area (Å²) in [5, 5.41) is 11.9. The van der Waals surface area contributed by atoms with E-state index < -0.39 is 6.04 Å². The smallest absolute Gasteiger partial charge is 0.110 e. The van der Waals surface area contributed by atoms with Gasteiger partial charge in [0, 0.05) is 28.3 Å². The fourth-order valence-corrected chi connectivity index (χ4v) is 3.26. The molecule has 6 heteroatoms. The molecule has 0 saturated carbocycles. The molecule has 0 radical (unpaired) electrons. The van der Waals surface area contributed by atoms with E-state index in [9.17, 15) is 0 Å². The van der Waals surface area contributed by atoms with Gasteiger partial charge in [-0.2, -0.15) is 12.6 Å². The van der Waals surface area contributed by atoms with E-state index in [0.29, 0.717) is 0 Å². The van der Waals surface area contributed by atoms with Crippen molar-refractivity contribution in [3.63, 3.8) is 0 Å². The predicted molar refractivity (Wildman–Crippen MR) is 79.2 cm³/mol. The zero-order valence-electron chi connectivity index (χ0n) is 10.0. The minimum Gasteiger partial charge on any atom is -0.386 e. The van der Waals surface area contributed by atoms with E-state index in [-0.39, 0.29) is 29.1 Å². The van der Waals surface area contributed by atoms with Gasteiger partial charge in [0.1, 0.15) is 5.84 Å². The van der Waals surface area contributed by atoms with Crippen molar-refractivity contribution in [2.75, 3.05) is 0 Å². The van der Waals surface area contributed by atoms with Gasteiger partial charge in [-0.1, -0.05) is 29.8 Å². The minimum absolute atomic E-state index is 0.00138. The summed E-state index contributed by atoms with van der Waals surface area (Å²) in [6.45, 7) is 0. The van der Waals surface area contributed by atoms with E-state index in [2.05, 4.69) is 24.0 Å². The van der Waals surface area contributed by atoms with Gasteiger partial charge in [-0.3, -0.25) is 5.41 Å². The average molecular weight is 287 g/mol. The molecule has 1 aliphatic heterocycles. The van der Waals surface area contributed by atoms with E-state index >= 15 is 0 Å². The van der Waals surface area contributed by atoms with Crippen LogP contribution in [0.1, 0.15) is 12.8 Å². The van der Waals surface area contributed by atoms with Crippen LogP contribution in [0.15, 0.2) is 23.3 Å². The molecule has 0 amide bonds. The third-order valence-electron chi connectivity index (χ3n) is 3.57. The van der Waals surface area contributed by atoms with E-state index in [0.717, 1.165) is 17.9 Å². The summed E-state index contributed by atoms with van der Waals surface area (Å²) in [7, 11) is 0. The second kappa shape index (κ2) is 5.65. The Bertz CT molecular complexity index is 396. The lowest BCUT2D eigenvalue weighted by Gasteiger charge is -2.29. The topological polar surface area (TPSA) is 87.9 Å². The fourth-order valence-electron chi connectivity index (χ4n) is 2.47. The van der Waals surface area contributed by atoms with Gasteiger partial charge in [-0.25, -0.2) is 0 Å². The number of nitrogens with one attached hydrogen (secondary N) is 2. The lowest BCUT2D eigenvalue weighted by molar-refractivity contribution is 0.414. The lowest BCUT2D eigenvalue weighted by atomic mass is 9.89. The Morgan fingerprint density at radius 2 is 2.22 bits per heavy atom. The molecule has 2 aliphatic rings. The highest BCUT2D eigenvalue weighted by Gasteiger charge is 2.32. The second-order valence-corrected chi connectivity index (χ2v) is 5.99. The van der Waals surface area contributed by atoms with Crippen molar-refractivity contribution in [1.82, 2.24) is 5.32 Å². The van der Waals surface area contributed by atoms with Crippen LogP contribution in [-0.4, -0.2) is 29.2 Å². The largest absolute Gasteiger partial charge is 0.386 e. The molecule has 0 aromatic heterocycles. The number of halogens is 1. The molecule has 0 spiro atoms. The van der Waals surface area contributed by atoms with Crippen LogP contribution < -0.4 is 16.8 Å². The molecule has 4 nitrogen and oxygen atoms in total. The van der Waals surface area contributed by atoms with Gasteiger partial charge in [0.2, 0.25) is 0 Å². The van der Waals surface area contributed by atoms with Crippen molar-refractivity contribution in [2.45, 2.75) is 36.2 Å². The molecule has 0 bridgehead atoms. The molecule has 5 atom stereocenters. The summed E-state index contributed by atoms with van der Waals surface area (Å²) >= 11 is 10.7. The molecule has 18 heavy (non-hydrogen) atoms. The minimum atomic E-state index is -0.477. The highest BCUT2D eigenvalue weighted by Crippen LogP contribution is 2.34. The van der Waals surface area contributed by atoms with Gasteiger partial charge in [0.05, 0.1) is 6.04 Å². The van der Waals surface area contributed by atoms with Gasteiger partial charge < -0.3 is 16.8 Å². The Morgan fingerprint density at radius 1 is 1.50 bits per heavy atom. The van der Waals surface area contributed by atoms with Crippen LogP contribution in [0.3, 0.4) is 0 Å². The van der Waals surface area contributed by atoms with Gasteiger partial charge in [0.25, 0.3) is 0 Å². The number of hydrogen-bond donors (Lipinski definition) is 5. The average Bonchev–Trinajstić information content (AvgIpc) is 2.77. The van der Waals surface area contributed by atoms with E-state index in [1.807, 2.05) is 12.2 Å². The Labute approximate surface area is 118 Å². The van der Waals surface area contributed by atoms with E-state index in [4.69, 9.17) is 28.5 Å². The molecule has 0 fully saturated rings. The molecular formula is C12H19ClN4S. The summed E-state index contributed by atoms with van der Waals surface area (Å²) in [5.74, 6) is 0.272. The van der Waals surface area contributed by atoms with E-state index in [1.165, 1.54) is 0 Å². The van der Waals surface area contributed by atoms with Crippen molar-refractivity contribution < 1.29 is 0 Å². The van der Waals surface area contributed by atoms with Crippen LogP contribution in [0, 0.1) is 11.3 Å². The highest BCUT2D eigenvalue weighted by atomic mass is 35.5. The van der Waals surface area contributed by atoms with Crippen LogP contribution in [0.25, 0.3) is 0 Å². The van der Waals surface area contributed by atoms with Crippen LogP contribution in [-0.2, 0) is 0 Å². The molecule has 0 saturated heterocycles.